The van der Waals surface area contributed by atoms with Crippen LogP contribution >= 0.6 is 11.8 Å². The summed E-state index contributed by atoms with van der Waals surface area (Å²) >= 11 is 1.70. The van der Waals surface area contributed by atoms with Crippen molar-refractivity contribution in [3.63, 3.8) is 0 Å². The van der Waals surface area contributed by atoms with Crippen LogP contribution in [-0.2, 0) is 0 Å². The Labute approximate surface area is 93.9 Å². The molecule has 15 heavy (non-hydrogen) atoms. The molecule has 1 heterocycles. The van der Waals surface area contributed by atoms with Crippen LogP contribution in [0.5, 0.6) is 0 Å². The first kappa shape index (κ1) is 10.1. The lowest BCUT2D eigenvalue weighted by Crippen LogP contribution is -2.33. The third kappa shape index (κ3) is 2.53. The molecular formula is C11H13N3S. The molecule has 78 valence electrons. The smallest absolute Gasteiger partial charge is 0.177 e. The van der Waals surface area contributed by atoms with Gasteiger partial charge in [-0.2, -0.15) is 0 Å². The van der Waals surface area contributed by atoms with Crippen LogP contribution in [0, 0.1) is 0 Å². The Morgan fingerprint density at radius 3 is 3.00 bits per heavy atom. The maximum atomic E-state index is 4.33. The van der Waals surface area contributed by atoms with Gasteiger partial charge in [0.25, 0.3) is 0 Å². The van der Waals surface area contributed by atoms with Crippen LogP contribution in [0.3, 0.4) is 0 Å². The van der Waals surface area contributed by atoms with E-state index in [0.717, 1.165) is 16.7 Å². The monoisotopic (exact) mass is 219 g/mol. The zero-order chi connectivity index (χ0) is 10.5. The fraction of sp³-hybridized carbons (Fsp3) is 0.182. The quantitative estimate of drug-likeness (QED) is 0.790. The van der Waals surface area contributed by atoms with E-state index >= 15 is 0 Å². The molecule has 0 spiro atoms. The number of hydrogen-bond acceptors (Lipinski definition) is 3. The first-order chi connectivity index (χ1) is 7.40. The first-order valence-corrected chi connectivity index (χ1v) is 5.76. The van der Waals surface area contributed by atoms with Gasteiger partial charge in [0.05, 0.1) is 18.1 Å². The highest BCUT2D eigenvalue weighted by Gasteiger charge is 2.16. The second-order valence-corrected chi connectivity index (χ2v) is 4.02. The second kappa shape index (κ2) is 4.89. The molecule has 4 heteroatoms. The van der Waals surface area contributed by atoms with E-state index in [1.165, 1.54) is 0 Å². The molecule has 0 radical (unpaired) electrons. The molecule has 1 fully saturated rings. The lowest BCUT2D eigenvalue weighted by molar-refractivity contribution is 0.886. The van der Waals surface area contributed by atoms with E-state index in [4.69, 9.17) is 0 Å². The van der Waals surface area contributed by atoms with Crippen molar-refractivity contribution < 1.29 is 0 Å². The number of nitrogens with zero attached hydrogens (tertiary/aromatic N) is 2. The fourth-order valence-corrected chi connectivity index (χ4v) is 2.09. The Kier molecular flexibility index (Phi) is 3.29. The molecule has 0 amide bonds. The van der Waals surface area contributed by atoms with Crippen molar-refractivity contribution in [2.24, 2.45) is 4.99 Å². The van der Waals surface area contributed by atoms with Gasteiger partial charge in [0.2, 0.25) is 0 Å². The molecule has 1 aromatic carbocycles. The molecule has 1 aliphatic rings. The van der Waals surface area contributed by atoms with E-state index in [-0.39, 0.29) is 0 Å². The number of para-hydroxylation sites is 1. The van der Waals surface area contributed by atoms with Crippen molar-refractivity contribution in [3.05, 3.63) is 43.0 Å². The summed E-state index contributed by atoms with van der Waals surface area (Å²) < 4.78 is 0. The molecular weight excluding hydrogens is 206 g/mol. The van der Waals surface area contributed by atoms with Crippen molar-refractivity contribution in [2.75, 3.05) is 17.4 Å². The summed E-state index contributed by atoms with van der Waals surface area (Å²) in [5.74, 6) is 0.889. The van der Waals surface area contributed by atoms with Gasteiger partial charge >= 0.3 is 0 Å². The standard InChI is InChI=1S/C11H13N3S/c1-2-8-12-11-13-14(9-15-11)10-6-4-3-5-7-10/h2-7H,1,8-9H2,(H,12,13). The van der Waals surface area contributed by atoms with Crippen LogP contribution in [-0.4, -0.2) is 17.6 Å². The summed E-state index contributed by atoms with van der Waals surface area (Å²) in [5, 5.41) is 3.03. The van der Waals surface area contributed by atoms with Gasteiger partial charge in [-0.05, 0) is 12.1 Å². The van der Waals surface area contributed by atoms with E-state index in [1.807, 2.05) is 18.2 Å². The second-order valence-electron chi connectivity index (χ2n) is 3.08. The predicted molar refractivity (Wildman–Crippen MR) is 67.0 cm³/mol. The Morgan fingerprint density at radius 2 is 2.27 bits per heavy atom. The normalized spacial score (nSPS) is 17.9. The number of rotatable bonds is 3. The molecule has 1 aromatic rings. The summed E-state index contributed by atoms with van der Waals surface area (Å²) in [5.41, 5.74) is 4.40. The Bertz CT molecular complexity index is 361. The van der Waals surface area contributed by atoms with E-state index in [2.05, 4.69) is 34.1 Å². The summed E-state index contributed by atoms with van der Waals surface area (Å²) in [6.45, 7) is 4.31. The number of nitrogens with one attached hydrogen (secondary N) is 1. The summed E-state index contributed by atoms with van der Waals surface area (Å²) in [6, 6.07) is 10.2. The van der Waals surface area contributed by atoms with Gasteiger partial charge in [-0.25, -0.2) is 0 Å². The number of amidine groups is 1. The van der Waals surface area contributed by atoms with Gasteiger partial charge < -0.3 is 0 Å². The number of anilines is 1. The Hall–Kier alpha value is -1.42. The van der Waals surface area contributed by atoms with E-state index < -0.39 is 0 Å². The van der Waals surface area contributed by atoms with Gasteiger partial charge in [-0.15, -0.1) is 6.58 Å². The minimum atomic E-state index is 0.665. The van der Waals surface area contributed by atoms with Crippen molar-refractivity contribution >= 4 is 22.6 Å². The van der Waals surface area contributed by atoms with Crippen LogP contribution in [0.4, 0.5) is 5.69 Å². The SMILES string of the molecule is C=CCN=C1NN(c2ccccc2)CS1. The maximum absolute atomic E-state index is 4.33. The first-order valence-electron chi connectivity index (χ1n) is 4.77. The predicted octanol–water partition coefficient (Wildman–Crippen LogP) is 2.24. The fourth-order valence-electron chi connectivity index (χ4n) is 1.28. The van der Waals surface area contributed by atoms with Crippen molar-refractivity contribution in [1.82, 2.24) is 5.43 Å². The summed E-state index contributed by atoms with van der Waals surface area (Å²) in [7, 11) is 0. The van der Waals surface area contributed by atoms with Crippen LogP contribution < -0.4 is 10.4 Å². The average Bonchev–Trinajstić information content (AvgIpc) is 2.76. The molecule has 0 aliphatic carbocycles. The Balaban J connectivity index is 2.01. The summed E-state index contributed by atoms with van der Waals surface area (Å²) in [6.07, 6.45) is 1.79. The zero-order valence-electron chi connectivity index (χ0n) is 8.39. The lowest BCUT2D eigenvalue weighted by Gasteiger charge is -2.16. The topological polar surface area (TPSA) is 27.6 Å². The largest absolute Gasteiger partial charge is 0.276 e. The molecule has 0 atom stereocenters. The van der Waals surface area contributed by atoms with Crippen LogP contribution in [0.1, 0.15) is 0 Å². The summed E-state index contributed by atoms with van der Waals surface area (Å²) in [4.78, 5) is 4.33. The third-order valence-corrected chi connectivity index (χ3v) is 2.87. The molecule has 0 saturated carbocycles. The third-order valence-electron chi connectivity index (χ3n) is 1.99. The molecule has 1 N–H and O–H groups in total. The molecule has 2 rings (SSSR count). The van der Waals surface area contributed by atoms with E-state index in [1.54, 1.807) is 17.8 Å². The molecule has 1 saturated heterocycles. The Morgan fingerprint density at radius 1 is 1.47 bits per heavy atom. The van der Waals surface area contributed by atoms with E-state index in [9.17, 15) is 0 Å². The van der Waals surface area contributed by atoms with Crippen LogP contribution in [0.25, 0.3) is 0 Å². The number of benzene rings is 1. The maximum Gasteiger partial charge on any atom is 0.177 e. The van der Waals surface area contributed by atoms with Gasteiger partial charge in [-0.3, -0.25) is 15.4 Å². The highest BCUT2D eigenvalue weighted by atomic mass is 32.2. The molecule has 0 bridgehead atoms. The van der Waals surface area contributed by atoms with Gasteiger partial charge in [0, 0.05) is 0 Å². The number of hydrogen-bond donors (Lipinski definition) is 1. The number of aliphatic imine (C=N–C) groups is 1. The zero-order valence-corrected chi connectivity index (χ0v) is 9.20. The van der Waals surface area contributed by atoms with Gasteiger partial charge in [-0.1, -0.05) is 36.0 Å². The highest BCUT2D eigenvalue weighted by molar-refractivity contribution is 8.14. The number of thioether (sulfide) groups is 1. The number of hydrazine groups is 1. The van der Waals surface area contributed by atoms with Gasteiger partial charge in [0.15, 0.2) is 5.17 Å². The van der Waals surface area contributed by atoms with Crippen LogP contribution in [0.2, 0.25) is 0 Å². The molecule has 0 unspecified atom stereocenters. The van der Waals surface area contributed by atoms with E-state index in [0.29, 0.717) is 6.54 Å². The van der Waals surface area contributed by atoms with Crippen molar-refractivity contribution in [1.29, 1.82) is 0 Å². The minimum Gasteiger partial charge on any atom is -0.276 e. The lowest BCUT2D eigenvalue weighted by atomic mass is 10.3. The molecule has 1 aliphatic heterocycles. The van der Waals surface area contributed by atoms with Crippen molar-refractivity contribution in [2.45, 2.75) is 0 Å². The molecule has 0 aromatic heterocycles. The molecule has 3 nitrogen and oxygen atoms in total. The average molecular weight is 219 g/mol. The highest BCUT2D eigenvalue weighted by Crippen LogP contribution is 2.20. The van der Waals surface area contributed by atoms with Gasteiger partial charge in [0.1, 0.15) is 0 Å². The minimum absolute atomic E-state index is 0.665. The van der Waals surface area contributed by atoms with Crippen LogP contribution in [0.15, 0.2) is 48.0 Å². The van der Waals surface area contributed by atoms with Crippen molar-refractivity contribution in [3.8, 4) is 0 Å².